The Bertz CT molecular complexity index is 502. The summed E-state index contributed by atoms with van der Waals surface area (Å²) in [5.74, 6) is 1.47. The maximum Gasteiger partial charge on any atom is 0.101 e. The first kappa shape index (κ1) is 15.9. The van der Waals surface area contributed by atoms with Crippen LogP contribution in [0.3, 0.4) is 0 Å². The standard InChI is InChI=1S/C18H27N3/c1-4-8-20-12-15-5-6-18(17(10-15)11-19)21-9-7-16(13-21)14(2)3/h5-6,10,14,16,20H,4,7-9,12-13H2,1-3H3. The van der Waals surface area contributed by atoms with Crippen LogP contribution < -0.4 is 10.2 Å². The summed E-state index contributed by atoms with van der Waals surface area (Å²) in [6.45, 7) is 10.8. The first-order valence-corrected chi connectivity index (χ1v) is 8.14. The monoisotopic (exact) mass is 285 g/mol. The molecule has 3 nitrogen and oxygen atoms in total. The third-order valence-corrected chi connectivity index (χ3v) is 4.45. The molecule has 1 aliphatic heterocycles. The van der Waals surface area contributed by atoms with Gasteiger partial charge in [0.25, 0.3) is 0 Å². The molecule has 1 aromatic carbocycles. The lowest BCUT2D eigenvalue weighted by atomic mass is 9.95. The van der Waals surface area contributed by atoms with E-state index in [0.29, 0.717) is 0 Å². The zero-order valence-electron chi connectivity index (χ0n) is 13.5. The van der Waals surface area contributed by atoms with Gasteiger partial charge >= 0.3 is 0 Å². The van der Waals surface area contributed by atoms with E-state index in [4.69, 9.17) is 0 Å². The third kappa shape index (κ3) is 3.98. The lowest BCUT2D eigenvalue weighted by Crippen LogP contribution is -2.22. The van der Waals surface area contributed by atoms with Gasteiger partial charge in [0.1, 0.15) is 6.07 Å². The van der Waals surface area contributed by atoms with Crippen LogP contribution in [-0.2, 0) is 6.54 Å². The summed E-state index contributed by atoms with van der Waals surface area (Å²) in [6.07, 6.45) is 2.37. The van der Waals surface area contributed by atoms with Crippen molar-refractivity contribution in [1.82, 2.24) is 5.32 Å². The zero-order valence-corrected chi connectivity index (χ0v) is 13.5. The molecule has 0 saturated carbocycles. The van der Waals surface area contributed by atoms with E-state index in [9.17, 15) is 5.26 Å². The fourth-order valence-electron chi connectivity index (χ4n) is 3.02. The summed E-state index contributed by atoms with van der Waals surface area (Å²) in [5, 5.41) is 12.8. The maximum absolute atomic E-state index is 9.45. The molecule has 0 spiro atoms. The van der Waals surface area contributed by atoms with Gasteiger partial charge in [0, 0.05) is 19.6 Å². The Hall–Kier alpha value is -1.53. The highest BCUT2D eigenvalue weighted by Gasteiger charge is 2.26. The molecule has 1 heterocycles. The quantitative estimate of drug-likeness (QED) is 0.813. The minimum absolute atomic E-state index is 0.720. The van der Waals surface area contributed by atoms with E-state index in [1.165, 1.54) is 12.0 Å². The third-order valence-electron chi connectivity index (χ3n) is 4.45. The number of nitriles is 1. The van der Waals surface area contributed by atoms with E-state index in [1.54, 1.807) is 0 Å². The Morgan fingerprint density at radius 3 is 2.86 bits per heavy atom. The smallest absolute Gasteiger partial charge is 0.101 e. The molecular weight excluding hydrogens is 258 g/mol. The zero-order chi connectivity index (χ0) is 15.2. The van der Waals surface area contributed by atoms with Crippen molar-refractivity contribution < 1.29 is 0 Å². The second kappa shape index (κ2) is 7.47. The van der Waals surface area contributed by atoms with Crippen molar-refractivity contribution in [3.8, 4) is 6.07 Å². The van der Waals surface area contributed by atoms with E-state index >= 15 is 0 Å². The summed E-state index contributed by atoms with van der Waals surface area (Å²) in [5.41, 5.74) is 3.12. The maximum atomic E-state index is 9.45. The van der Waals surface area contributed by atoms with Crippen molar-refractivity contribution in [2.75, 3.05) is 24.5 Å². The van der Waals surface area contributed by atoms with E-state index in [2.05, 4.69) is 49.2 Å². The number of rotatable bonds is 6. The van der Waals surface area contributed by atoms with Crippen molar-refractivity contribution >= 4 is 5.69 Å². The fraction of sp³-hybridized carbons (Fsp3) is 0.611. The molecule has 114 valence electrons. The van der Waals surface area contributed by atoms with Gasteiger partial charge < -0.3 is 10.2 Å². The predicted octanol–water partition coefficient (Wildman–Crippen LogP) is 3.54. The second-order valence-corrected chi connectivity index (χ2v) is 6.38. The second-order valence-electron chi connectivity index (χ2n) is 6.38. The van der Waals surface area contributed by atoms with Crippen LogP contribution in [0.1, 0.15) is 44.7 Å². The lowest BCUT2D eigenvalue weighted by Gasteiger charge is -2.21. The van der Waals surface area contributed by atoms with Crippen LogP contribution in [0.2, 0.25) is 0 Å². The highest BCUT2D eigenvalue weighted by Crippen LogP contribution is 2.30. The molecule has 2 rings (SSSR count). The first-order chi connectivity index (χ1) is 10.2. The highest BCUT2D eigenvalue weighted by atomic mass is 15.2. The molecule has 0 aromatic heterocycles. The largest absolute Gasteiger partial charge is 0.370 e. The van der Waals surface area contributed by atoms with Gasteiger partial charge in [-0.15, -0.1) is 0 Å². The van der Waals surface area contributed by atoms with Crippen LogP contribution in [0.4, 0.5) is 5.69 Å². The number of hydrogen-bond acceptors (Lipinski definition) is 3. The van der Waals surface area contributed by atoms with Crippen molar-refractivity contribution in [2.45, 2.75) is 40.2 Å². The average Bonchev–Trinajstić information content (AvgIpc) is 2.97. The molecule has 1 aliphatic rings. The molecule has 1 unspecified atom stereocenters. The van der Waals surface area contributed by atoms with Gasteiger partial charge in [0.2, 0.25) is 0 Å². The van der Waals surface area contributed by atoms with Gasteiger partial charge in [-0.25, -0.2) is 0 Å². The van der Waals surface area contributed by atoms with Crippen LogP contribution in [0, 0.1) is 23.2 Å². The lowest BCUT2D eigenvalue weighted by molar-refractivity contribution is 0.423. The summed E-state index contributed by atoms with van der Waals surface area (Å²) in [7, 11) is 0. The molecular formula is C18H27N3. The van der Waals surface area contributed by atoms with Gasteiger partial charge in [-0.3, -0.25) is 0 Å². The molecule has 0 amide bonds. The van der Waals surface area contributed by atoms with Gasteiger partial charge in [0.15, 0.2) is 0 Å². The summed E-state index contributed by atoms with van der Waals surface area (Å²) in [6, 6.07) is 8.70. The first-order valence-electron chi connectivity index (χ1n) is 8.14. The average molecular weight is 285 g/mol. The molecule has 1 fully saturated rings. The summed E-state index contributed by atoms with van der Waals surface area (Å²) >= 11 is 0. The summed E-state index contributed by atoms with van der Waals surface area (Å²) < 4.78 is 0. The van der Waals surface area contributed by atoms with E-state index in [-0.39, 0.29) is 0 Å². The molecule has 1 atom stereocenters. The Morgan fingerprint density at radius 1 is 1.43 bits per heavy atom. The van der Waals surface area contributed by atoms with Crippen molar-refractivity contribution in [3.05, 3.63) is 29.3 Å². The number of hydrogen-bond donors (Lipinski definition) is 1. The molecule has 1 aromatic rings. The van der Waals surface area contributed by atoms with Crippen molar-refractivity contribution in [2.24, 2.45) is 11.8 Å². The van der Waals surface area contributed by atoms with Crippen molar-refractivity contribution in [3.63, 3.8) is 0 Å². The van der Waals surface area contributed by atoms with Crippen LogP contribution in [0.5, 0.6) is 0 Å². The van der Waals surface area contributed by atoms with Gasteiger partial charge in [-0.2, -0.15) is 5.26 Å². The molecule has 0 bridgehead atoms. The Labute approximate surface area is 129 Å². The molecule has 1 saturated heterocycles. The Balaban J connectivity index is 2.09. The van der Waals surface area contributed by atoms with Gasteiger partial charge in [-0.05, 0) is 48.9 Å². The van der Waals surface area contributed by atoms with E-state index in [0.717, 1.165) is 55.7 Å². The molecule has 3 heteroatoms. The Morgan fingerprint density at radius 2 is 2.24 bits per heavy atom. The number of nitrogens with zero attached hydrogens (tertiary/aromatic N) is 2. The van der Waals surface area contributed by atoms with Crippen LogP contribution in [0.25, 0.3) is 0 Å². The Kier molecular flexibility index (Phi) is 5.64. The summed E-state index contributed by atoms with van der Waals surface area (Å²) in [4.78, 5) is 2.38. The van der Waals surface area contributed by atoms with E-state index < -0.39 is 0 Å². The predicted molar refractivity (Wildman–Crippen MR) is 88.3 cm³/mol. The van der Waals surface area contributed by atoms with Crippen LogP contribution >= 0.6 is 0 Å². The highest BCUT2D eigenvalue weighted by molar-refractivity contribution is 5.61. The molecule has 21 heavy (non-hydrogen) atoms. The molecule has 0 aliphatic carbocycles. The van der Waals surface area contributed by atoms with Crippen LogP contribution in [0.15, 0.2) is 18.2 Å². The molecule has 1 N–H and O–H groups in total. The number of nitrogens with one attached hydrogen (secondary N) is 1. The minimum atomic E-state index is 0.720. The van der Waals surface area contributed by atoms with E-state index in [1.807, 2.05) is 6.07 Å². The normalized spacial score (nSPS) is 18.2. The fourth-order valence-corrected chi connectivity index (χ4v) is 3.02. The topological polar surface area (TPSA) is 39.1 Å². The SMILES string of the molecule is CCCNCc1ccc(N2CCC(C(C)C)C2)c(C#N)c1. The van der Waals surface area contributed by atoms with Crippen LogP contribution in [-0.4, -0.2) is 19.6 Å². The minimum Gasteiger partial charge on any atom is -0.370 e. The van der Waals surface area contributed by atoms with Gasteiger partial charge in [-0.1, -0.05) is 26.8 Å². The van der Waals surface area contributed by atoms with Gasteiger partial charge in [0.05, 0.1) is 11.3 Å². The molecule has 0 radical (unpaired) electrons. The number of benzene rings is 1. The van der Waals surface area contributed by atoms with Crippen molar-refractivity contribution in [1.29, 1.82) is 5.26 Å². The number of anilines is 1.